The van der Waals surface area contributed by atoms with Crippen LogP contribution < -0.4 is 5.32 Å². The van der Waals surface area contributed by atoms with E-state index in [4.69, 9.17) is 0 Å². The first-order chi connectivity index (χ1) is 9.05. The monoisotopic (exact) mass is 264 g/mol. The molecule has 1 aromatic heterocycles. The van der Waals surface area contributed by atoms with E-state index in [2.05, 4.69) is 10.3 Å². The molecule has 1 saturated heterocycles. The van der Waals surface area contributed by atoms with Crippen LogP contribution in [0.15, 0.2) is 12.4 Å². The zero-order valence-electron chi connectivity index (χ0n) is 11.6. The summed E-state index contributed by atoms with van der Waals surface area (Å²) >= 11 is 0. The lowest BCUT2D eigenvalue weighted by atomic mass is 9.91. The van der Waals surface area contributed by atoms with Crippen molar-refractivity contribution in [2.45, 2.75) is 45.7 Å². The molecular weight excluding hydrogens is 244 g/mol. The van der Waals surface area contributed by atoms with Crippen LogP contribution in [0.25, 0.3) is 0 Å². The Bertz CT molecular complexity index is 491. The molecule has 2 heterocycles. The highest BCUT2D eigenvalue weighted by Gasteiger charge is 2.49. The summed E-state index contributed by atoms with van der Waals surface area (Å²) < 4.78 is 1.98. The predicted octanol–water partition coefficient (Wildman–Crippen LogP) is 1.30. The zero-order chi connectivity index (χ0) is 14.0. The van der Waals surface area contributed by atoms with E-state index in [0.29, 0.717) is 25.9 Å². The average Bonchev–Trinajstić information content (AvgIpc) is 2.89. The molecule has 0 aromatic carbocycles. The average molecular weight is 264 g/mol. The molecule has 0 aliphatic carbocycles. The molecule has 1 aromatic rings. The molecule has 2 rings (SSSR count). The molecule has 104 valence electrons. The summed E-state index contributed by atoms with van der Waals surface area (Å²) in [4.78, 5) is 29.8. The number of imide groups is 1. The Morgan fingerprint density at radius 3 is 2.47 bits per heavy atom. The molecule has 0 unspecified atom stereocenters. The molecule has 0 spiro atoms. The fourth-order valence-corrected chi connectivity index (χ4v) is 2.71. The van der Waals surface area contributed by atoms with Crippen LogP contribution in [0.3, 0.4) is 0 Å². The van der Waals surface area contributed by atoms with Gasteiger partial charge in [0.25, 0.3) is 5.91 Å². The third-order valence-electron chi connectivity index (χ3n) is 4.06. The first kappa shape index (κ1) is 13.6. The Labute approximate surface area is 112 Å². The fraction of sp³-hybridized carbons (Fsp3) is 0.615. The molecule has 1 N–H and O–H groups in total. The van der Waals surface area contributed by atoms with E-state index in [1.807, 2.05) is 31.5 Å². The third-order valence-corrected chi connectivity index (χ3v) is 4.06. The SMILES string of the molecule is CCC1(CC)C(=O)NC(=O)N1CCn1ccnc1C. The minimum Gasteiger partial charge on any atom is -0.333 e. The van der Waals surface area contributed by atoms with Crippen molar-refractivity contribution in [2.75, 3.05) is 6.54 Å². The zero-order valence-corrected chi connectivity index (χ0v) is 11.6. The van der Waals surface area contributed by atoms with E-state index in [-0.39, 0.29) is 11.9 Å². The number of aryl methyl sites for hydroxylation is 1. The fourth-order valence-electron chi connectivity index (χ4n) is 2.71. The Hall–Kier alpha value is -1.85. The molecule has 0 saturated carbocycles. The lowest BCUT2D eigenvalue weighted by Crippen LogP contribution is -2.49. The van der Waals surface area contributed by atoms with Crippen molar-refractivity contribution in [1.29, 1.82) is 0 Å². The number of hydrogen-bond donors (Lipinski definition) is 1. The number of carbonyl (C=O) groups excluding carboxylic acids is 2. The molecule has 6 nitrogen and oxygen atoms in total. The van der Waals surface area contributed by atoms with Gasteiger partial charge < -0.3 is 9.47 Å². The molecule has 0 radical (unpaired) electrons. The van der Waals surface area contributed by atoms with Gasteiger partial charge in [0.15, 0.2) is 0 Å². The summed E-state index contributed by atoms with van der Waals surface area (Å²) in [5.41, 5.74) is -0.689. The minimum atomic E-state index is -0.689. The van der Waals surface area contributed by atoms with Crippen molar-refractivity contribution in [2.24, 2.45) is 0 Å². The standard InChI is InChI=1S/C13H20N4O2/c1-4-13(5-2)11(18)15-12(19)17(13)9-8-16-7-6-14-10(16)3/h6-7H,4-5,8-9H2,1-3H3,(H,15,18,19). The number of nitrogens with one attached hydrogen (secondary N) is 1. The maximum atomic E-state index is 12.0. The van der Waals surface area contributed by atoms with Crippen LogP contribution in [0.5, 0.6) is 0 Å². The minimum absolute atomic E-state index is 0.176. The van der Waals surface area contributed by atoms with E-state index in [0.717, 1.165) is 5.82 Å². The van der Waals surface area contributed by atoms with E-state index >= 15 is 0 Å². The molecule has 0 bridgehead atoms. The van der Waals surface area contributed by atoms with E-state index in [9.17, 15) is 9.59 Å². The van der Waals surface area contributed by atoms with Crippen LogP contribution >= 0.6 is 0 Å². The number of amides is 3. The molecule has 1 aliphatic rings. The normalized spacial score (nSPS) is 17.9. The Morgan fingerprint density at radius 2 is 1.95 bits per heavy atom. The summed E-state index contributed by atoms with van der Waals surface area (Å²) in [6.07, 6.45) is 4.87. The summed E-state index contributed by atoms with van der Waals surface area (Å²) in [7, 11) is 0. The van der Waals surface area contributed by atoms with Crippen molar-refractivity contribution in [3.63, 3.8) is 0 Å². The van der Waals surface area contributed by atoms with Crippen LogP contribution in [0.4, 0.5) is 4.79 Å². The molecule has 6 heteroatoms. The van der Waals surface area contributed by atoms with Crippen LogP contribution in [0.2, 0.25) is 0 Å². The molecule has 1 aliphatic heterocycles. The quantitative estimate of drug-likeness (QED) is 0.815. The van der Waals surface area contributed by atoms with Gasteiger partial charge in [-0.25, -0.2) is 9.78 Å². The van der Waals surface area contributed by atoms with E-state index in [1.54, 1.807) is 11.1 Å². The van der Waals surface area contributed by atoms with Gasteiger partial charge in [0.1, 0.15) is 11.4 Å². The predicted molar refractivity (Wildman–Crippen MR) is 70.5 cm³/mol. The number of carbonyl (C=O) groups is 2. The summed E-state index contributed by atoms with van der Waals surface area (Å²) in [5.74, 6) is 0.731. The van der Waals surface area contributed by atoms with Gasteiger partial charge in [-0.15, -0.1) is 0 Å². The molecule has 0 atom stereocenters. The molecular formula is C13H20N4O2. The molecule has 3 amide bonds. The lowest BCUT2D eigenvalue weighted by Gasteiger charge is -2.33. The highest BCUT2D eigenvalue weighted by molar-refractivity contribution is 6.06. The van der Waals surface area contributed by atoms with Crippen molar-refractivity contribution >= 4 is 11.9 Å². The Kier molecular flexibility index (Phi) is 3.59. The van der Waals surface area contributed by atoms with Gasteiger partial charge in [0.2, 0.25) is 0 Å². The smallest absolute Gasteiger partial charge is 0.325 e. The number of nitrogens with zero attached hydrogens (tertiary/aromatic N) is 3. The van der Waals surface area contributed by atoms with Gasteiger partial charge in [-0.3, -0.25) is 10.1 Å². The van der Waals surface area contributed by atoms with Crippen molar-refractivity contribution in [3.8, 4) is 0 Å². The second-order valence-corrected chi connectivity index (χ2v) is 4.82. The Morgan fingerprint density at radius 1 is 1.26 bits per heavy atom. The maximum Gasteiger partial charge on any atom is 0.325 e. The lowest BCUT2D eigenvalue weighted by molar-refractivity contribution is -0.127. The van der Waals surface area contributed by atoms with Crippen molar-refractivity contribution < 1.29 is 9.59 Å². The third kappa shape index (κ3) is 2.11. The van der Waals surface area contributed by atoms with Crippen LogP contribution in [-0.2, 0) is 11.3 Å². The Balaban J connectivity index is 2.15. The van der Waals surface area contributed by atoms with Gasteiger partial charge in [0, 0.05) is 25.5 Å². The highest BCUT2D eigenvalue weighted by Crippen LogP contribution is 2.29. The van der Waals surface area contributed by atoms with E-state index < -0.39 is 5.54 Å². The number of rotatable bonds is 5. The van der Waals surface area contributed by atoms with Gasteiger partial charge in [-0.05, 0) is 19.8 Å². The van der Waals surface area contributed by atoms with Crippen molar-refractivity contribution in [1.82, 2.24) is 19.8 Å². The summed E-state index contributed by atoms with van der Waals surface area (Å²) in [5, 5.41) is 2.43. The second-order valence-electron chi connectivity index (χ2n) is 4.82. The first-order valence-corrected chi connectivity index (χ1v) is 6.66. The topological polar surface area (TPSA) is 67.2 Å². The van der Waals surface area contributed by atoms with Gasteiger partial charge in [0.05, 0.1) is 0 Å². The second kappa shape index (κ2) is 5.03. The largest absolute Gasteiger partial charge is 0.333 e. The summed E-state index contributed by atoms with van der Waals surface area (Å²) in [6, 6.07) is -0.286. The van der Waals surface area contributed by atoms with Crippen LogP contribution in [-0.4, -0.2) is 38.5 Å². The molecule has 19 heavy (non-hydrogen) atoms. The molecule has 1 fully saturated rings. The van der Waals surface area contributed by atoms with Gasteiger partial charge in [-0.2, -0.15) is 0 Å². The number of aromatic nitrogens is 2. The highest BCUT2D eigenvalue weighted by atomic mass is 16.2. The van der Waals surface area contributed by atoms with Crippen LogP contribution in [0, 0.1) is 6.92 Å². The van der Waals surface area contributed by atoms with Crippen LogP contribution in [0.1, 0.15) is 32.5 Å². The maximum absolute atomic E-state index is 12.0. The van der Waals surface area contributed by atoms with Gasteiger partial charge >= 0.3 is 6.03 Å². The summed E-state index contributed by atoms with van der Waals surface area (Å²) in [6.45, 7) is 6.96. The number of urea groups is 1. The van der Waals surface area contributed by atoms with Gasteiger partial charge in [-0.1, -0.05) is 13.8 Å². The van der Waals surface area contributed by atoms with E-state index in [1.165, 1.54) is 0 Å². The van der Waals surface area contributed by atoms with Crippen molar-refractivity contribution in [3.05, 3.63) is 18.2 Å². The first-order valence-electron chi connectivity index (χ1n) is 6.66. The number of imidazole rings is 1. The number of hydrogen-bond acceptors (Lipinski definition) is 3.